The van der Waals surface area contributed by atoms with Crippen LogP contribution < -0.4 is 10.5 Å². The Hall–Kier alpha value is -1.12. The van der Waals surface area contributed by atoms with E-state index in [1.807, 2.05) is 0 Å². The number of nitrogens with two attached hydrogens (primary N) is 1. The van der Waals surface area contributed by atoms with Crippen LogP contribution in [0.15, 0.2) is 24.3 Å². The quantitative estimate of drug-likeness (QED) is 0.790. The van der Waals surface area contributed by atoms with E-state index in [1.54, 1.807) is 13.0 Å². The first kappa shape index (κ1) is 16.9. The van der Waals surface area contributed by atoms with Crippen LogP contribution in [0.25, 0.3) is 0 Å². The third-order valence-electron chi connectivity index (χ3n) is 2.77. The zero-order valence-electron chi connectivity index (χ0n) is 10.9. The largest absolute Gasteiger partial charge is 0.416 e. The number of alkyl halides is 3. The van der Waals surface area contributed by atoms with Gasteiger partial charge in [-0.15, -0.1) is 0 Å². The van der Waals surface area contributed by atoms with Crippen LogP contribution in [0.1, 0.15) is 30.5 Å². The molecule has 0 heterocycles. The van der Waals surface area contributed by atoms with E-state index in [2.05, 4.69) is 5.32 Å². The molecule has 0 fully saturated rings. The molecule has 114 valence electrons. The summed E-state index contributed by atoms with van der Waals surface area (Å²) in [5.41, 5.74) is -0.205. The standard InChI is InChI=1S/C12H17F3N2O2S/c1-9(17-6-3-7-20(16,18)19)10-4-2-5-11(8-10)12(13,14)15/h2,4-5,8-9,17H,3,6-7H2,1H3,(H2,16,18,19). The molecule has 0 amide bonds. The van der Waals surface area contributed by atoms with Crippen LogP contribution in [0.4, 0.5) is 13.2 Å². The zero-order chi connectivity index (χ0) is 15.4. The molecule has 0 aliphatic rings. The average Bonchev–Trinajstić information content (AvgIpc) is 2.32. The molecule has 1 aromatic carbocycles. The van der Waals surface area contributed by atoms with E-state index in [1.165, 1.54) is 6.07 Å². The monoisotopic (exact) mass is 310 g/mol. The molecule has 0 aromatic heterocycles. The van der Waals surface area contributed by atoms with Crippen molar-refractivity contribution in [1.82, 2.24) is 5.32 Å². The van der Waals surface area contributed by atoms with Crippen LogP contribution in [0.5, 0.6) is 0 Å². The van der Waals surface area contributed by atoms with Crippen molar-refractivity contribution in [2.75, 3.05) is 12.3 Å². The Morgan fingerprint density at radius 2 is 2.00 bits per heavy atom. The predicted molar refractivity (Wildman–Crippen MR) is 70.5 cm³/mol. The van der Waals surface area contributed by atoms with Crippen molar-refractivity contribution >= 4 is 10.0 Å². The summed E-state index contributed by atoms with van der Waals surface area (Å²) in [7, 11) is -3.50. The van der Waals surface area contributed by atoms with Crippen LogP contribution in [0.3, 0.4) is 0 Å². The van der Waals surface area contributed by atoms with Crippen LogP contribution >= 0.6 is 0 Å². The van der Waals surface area contributed by atoms with Crippen molar-refractivity contribution in [3.05, 3.63) is 35.4 Å². The molecule has 4 nitrogen and oxygen atoms in total. The van der Waals surface area contributed by atoms with Crippen molar-refractivity contribution in [3.63, 3.8) is 0 Å². The van der Waals surface area contributed by atoms with Crippen molar-refractivity contribution in [2.24, 2.45) is 5.14 Å². The fraction of sp³-hybridized carbons (Fsp3) is 0.500. The molecule has 0 bridgehead atoms. The Labute approximate surface area is 116 Å². The minimum absolute atomic E-state index is 0.157. The molecule has 0 spiro atoms. The maximum Gasteiger partial charge on any atom is 0.416 e. The fourth-order valence-corrected chi connectivity index (χ4v) is 2.24. The highest BCUT2D eigenvalue weighted by Crippen LogP contribution is 2.30. The molecule has 1 rings (SSSR count). The van der Waals surface area contributed by atoms with Crippen molar-refractivity contribution in [1.29, 1.82) is 0 Å². The molecule has 1 unspecified atom stereocenters. The molecule has 0 saturated carbocycles. The molecule has 3 N–H and O–H groups in total. The second-order valence-corrected chi connectivity index (χ2v) is 6.25. The molecule has 0 aliphatic carbocycles. The molecule has 1 atom stereocenters. The van der Waals surface area contributed by atoms with E-state index in [4.69, 9.17) is 5.14 Å². The number of rotatable bonds is 6. The van der Waals surface area contributed by atoms with Gasteiger partial charge in [-0.1, -0.05) is 12.1 Å². The minimum atomic E-state index is -4.37. The number of halogens is 3. The molecule has 1 aromatic rings. The van der Waals surface area contributed by atoms with Gasteiger partial charge in [0.25, 0.3) is 0 Å². The summed E-state index contributed by atoms with van der Waals surface area (Å²) >= 11 is 0. The number of nitrogens with one attached hydrogen (secondary N) is 1. The summed E-state index contributed by atoms with van der Waals surface area (Å²) in [4.78, 5) is 0. The van der Waals surface area contributed by atoms with E-state index in [0.717, 1.165) is 12.1 Å². The van der Waals surface area contributed by atoms with Crippen LogP contribution in [-0.2, 0) is 16.2 Å². The van der Waals surface area contributed by atoms with Gasteiger partial charge in [-0.2, -0.15) is 13.2 Å². The van der Waals surface area contributed by atoms with Gasteiger partial charge in [-0.3, -0.25) is 0 Å². The lowest BCUT2D eigenvalue weighted by molar-refractivity contribution is -0.137. The Morgan fingerprint density at radius 1 is 1.35 bits per heavy atom. The van der Waals surface area contributed by atoms with E-state index in [0.29, 0.717) is 18.5 Å². The smallest absolute Gasteiger partial charge is 0.310 e. The van der Waals surface area contributed by atoms with Crippen LogP contribution in [0.2, 0.25) is 0 Å². The van der Waals surface area contributed by atoms with Gasteiger partial charge in [-0.25, -0.2) is 13.6 Å². The number of hydrogen-bond donors (Lipinski definition) is 2. The molecule has 8 heteroatoms. The Morgan fingerprint density at radius 3 is 2.55 bits per heavy atom. The Balaban J connectivity index is 2.58. The predicted octanol–water partition coefficient (Wildman–Crippen LogP) is 2.03. The fourth-order valence-electron chi connectivity index (χ4n) is 1.69. The van der Waals surface area contributed by atoms with Gasteiger partial charge in [0, 0.05) is 6.04 Å². The molecule has 0 aliphatic heterocycles. The molecule has 20 heavy (non-hydrogen) atoms. The third kappa shape index (κ3) is 5.89. The van der Waals surface area contributed by atoms with Gasteiger partial charge >= 0.3 is 6.18 Å². The maximum absolute atomic E-state index is 12.6. The van der Waals surface area contributed by atoms with Crippen molar-refractivity contribution in [3.8, 4) is 0 Å². The second kappa shape index (κ2) is 6.55. The van der Waals surface area contributed by atoms with Gasteiger partial charge in [0.1, 0.15) is 0 Å². The summed E-state index contributed by atoms with van der Waals surface area (Å²) in [5, 5.41) is 7.81. The minimum Gasteiger partial charge on any atom is -0.310 e. The van der Waals surface area contributed by atoms with Crippen molar-refractivity contribution < 1.29 is 21.6 Å². The number of benzene rings is 1. The van der Waals surface area contributed by atoms with Gasteiger partial charge in [0.15, 0.2) is 0 Å². The number of sulfonamides is 1. The van der Waals surface area contributed by atoms with E-state index < -0.39 is 21.8 Å². The highest BCUT2D eigenvalue weighted by atomic mass is 32.2. The second-order valence-electron chi connectivity index (χ2n) is 4.52. The first-order valence-corrected chi connectivity index (χ1v) is 7.72. The van der Waals surface area contributed by atoms with Gasteiger partial charge < -0.3 is 5.32 Å². The first-order valence-electron chi connectivity index (χ1n) is 6.00. The van der Waals surface area contributed by atoms with Gasteiger partial charge in [0.2, 0.25) is 10.0 Å². The third-order valence-corrected chi connectivity index (χ3v) is 3.63. The highest BCUT2D eigenvalue weighted by Gasteiger charge is 2.30. The first-order chi connectivity index (χ1) is 9.09. The van der Waals surface area contributed by atoms with Crippen LogP contribution in [-0.4, -0.2) is 20.7 Å². The summed E-state index contributed by atoms with van der Waals surface area (Å²) in [6, 6.07) is 4.72. The van der Waals surface area contributed by atoms with E-state index in [9.17, 15) is 21.6 Å². The molecular formula is C12H17F3N2O2S. The summed E-state index contributed by atoms with van der Waals surface area (Å²) in [5.74, 6) is -0.157. The van der Waals surface area contributed by atoms with E-state index in [-0.39, 0.29) is 11.8 Å². The molecule has 0 saturated heterocycles. The summed E-state index contributed by atoms with van der Waals surface area (Å²) in [6.45, 7) is 2.07. The Kier molecular flexibility index (Phi) is 5.55. The highest BCUT2D eigenvalue weighted by molar-refractivity contribution is 7.89. The normalized spacial score (nSPS) is 14.2. The maximum atomic E-state index is 12.6. The topological polar surface area (TPSA) is 72.2 Å². The van der Waals surface area contributed by atoms with Crippen molar-refractivity contribution in [2.45, 2.75) is 25.6 Å². The SMILES string of the molecule is CC(NCCCS(N)(=O)=O)c1cccc(C(F)(F)F)c1. The lowest BCUT2D eigenvalue weighted by atomic mass is 10.0. The lowest BCUT2D eigenvalue weighted by Gasteiger charge is -2.16. The number of hydrogen-bond acceptors (Lipinski definition) is 3. The summed E-state index contributed by atoms with van der Waals surface area (Å²) < 4.78 is 59.2. The van der Waals surface area contributed by atoms with Gasteiger partial charge in [-0.05, 0) is 37.6 Å². The Bertz CT molecular complexity index is 544. The summed E-state index contributed by atoms with van der Waals surface area (Å²) in [6.07, 6.45) is -4.06. The van der Waals surface area contributed by atoms with Crippen LogP contribution in [0, 0.1) is 0 Å². The number of primary sulfonamides is 1. The zero-order valence-corrected chi connectivity index (χ0v) is 11.8. The van der Waals surface area contributed by atoms with E-state index >= 15 is 0 Å². The van der Waals surface area contributed by atoms with Gasteiger partial charge in [0.05, 0.1) is 11.3 Å². The lowest BCUT2D eigenvalue weighted by Crippen LogP contribution is -2.24. The molecular weight excluding hydrogens is 293 g/mol. The average molecular weight is 310 g/mol. The molecule has 0 radical (unpaired) electrons.